The predicted molar refractivity (Wildman–Crippen MR) is 69.5 cm³/mol. The first-order valence-electron chi connectivity index (χ1n) is 5.64. The maximum atomic E-state index is 9.22. The molecule has 18 heavy (non-hydrogen) atoms. The molecule has 0 aliphatic heterocycles. The van der Waals surface area contributed by atoms with Crippen molar-refractivity contribution < 1.29 is 17.7 Å². The minimum absolute atomic E-state index is 0. The largest absolute Gasteiger partial charge is 1.00 e. The van der Waals surface area contributed by atoms with Crippen LogP contribution >= 0.6 is 11.3 Å². The number of hydrogen-bond donors (Lipinski definition) is 1. The lowest BCUT2D eigenvalue weighted by atomic mass is 10.1. The van der Waals surface area contributed by atoms with E-state index in [0.717, 1.165) is 4.88 Å². The quantitative estimate of drug-likeness (QED) is 0.815. The molecule has 0 amide bonds. The molecule has 0 aliphatic rings. The van der Waals surface area contributed by atoms with Crippen LogP contribution in [0.2, 0.25) is 0 Å². The first-order chi connectivity index (χ1) is 8.31. The molecule has 0 radical (unpaired) electrons. The van der Waals surface area contributed by atoms with Gasteiger partial charge in [0.15, 0.2) is 0 Å². The summed E-state index contributed by atoms with van der Waals surface area (Å²) in [6.07, 6.45) is 0. The Morgan fingerprint density at radius 2 is 1.89 bits per heavy atom. The summed E-state index contributed by atoms with van der Waals surface area (Å²) in [5.74, 6) is 0. The van der Waals surface area contributed by atoms with E-state index in [2.05, 4.69) is 30.4 Å². The van der Waals surface area contributed by atoms with Crippen LogP contribution in [-0.4, -0.2) is 0 Å². The van der Waals surface area contributed by atoms with Crippen molar-refractivity contribution in [1.29, 1.82) is 5.26 Å². The fraction of sp³-hybridized carbons (Fsp3) is 0.214. The molecular formula is C14H15ClN2S. The van der Waals surface area contributed by atoms with E-state index in [1.165, 1.54) is 5.56 Å². The lowest BCUT2D eigenvalue weighted by Gasteiger charge is -2.14. The Hall–Kier alpha value is -1.34. The third-order valence-corrected chi connectivity index (χ3v) is 3.75. The molecule has 1 heterocycles. The van der Waals surface area contributed by atoms with Crippen LogP contribution in [0.4, 0.5) is 0 Å². The van der Waals surface area contributed by atoms with Gasteiger partial charge in [0.1, 0.15) is 12.1 Å². The van der Waals surface area contributed by atoms with Crippen LogP contribution in [0.15, 0.2) is 47.8 Å². The minimum atomic E-state index is -0.106. The van der Waals surface area contributed by atoms with Crippen molar-refractivity contribution in [3.8, 4) is 6.07 Å². The van der Waals surface area contributed by atoms with E-state index < -0.39 is 0 Å². The van der Waals surface area contributed by atoms with Crippen LogP contribution in [0.25, 0.3) is 0 Å². The first kappa shape index (κ1) is 14.7. The molecule has 0 aliphatic carbocycles. The van der Waals surface area contributed by atoms with Gasteiger partial charge >= 0.3 is 0 Å². The van der Waals surface area contributed by atoms with E-state index in [-0.39, 0.29) is 18.4 Å². The highest BCUT2D eigenvalue weighted by molar-refractivity contribution is 7.10. The van der Waals surface area contributed by atoms with Gasteiger partial charge in [-0.15, -0.1) is 11.3 Å². The van der Waals surface area contributed by atoms with Crippen molar-refractivity contribution in [2.75, 3.05) is 0 Å². The van der Waals surface area contributed by atoms with E-state index in [4.69, 9.17) is 0 Å². The SMILES string of the molecule is C[C@@H]([NH2+][C@@H](C#N)c1cccs1)c1ccccc1.[Cl-]. The van der Waals surface area contributed by atoms with Crippen molar-refractivity contribution in [2.45, 2.75) is 19.0 Å². The Balaban J connectivity index is 0.00000162. The number of quaternary nitrogens is 1. The molecule has 0 saturated heterocycles. The molecule has 2 nitrogen and oxygen atoms in total. The Bertz CT molecular complexity index is 490. The van der Waals surface area contributed by atoms with E-state index in [0.29, 0.717) is 6.04 Å². The maximum Gasteiger partial charge on any atom is 0.208 e. The third-order valence-electron chi connectivity index (χ3n) is 2.80. The zero-order valence-electron chi connectivity index (χ0n) is 10.1. The number of benzene rings is 1. The topological polar surface area (TPSA) is 40.4 Å². The highest BCUT2D eigenvalue weighted by Crippen LogP contribution is 2.16. The van der Waals surface area contributed by atoms with Crippen LogP contribution < -0.4 is 17.7 Å². The normalized spacial score (nSPS) is 13.1. The number of nitrogens with zero attached hydrogens (tertiary/aromatic N) is 1. The second-order valence-electron chi connectivity index (χ2n) is 4.01. The molecule has 2 N–H and O–H groups in total. The number of thiophene rings is 1. The molecule has 0 unspecified atom stereocenters. The number of nitrogens with two attached hydrogens (primary N) is 1. The van der Waals surface area contributed by atoms with Gasteiger partial charge in [0.05, 0.1) is 4.88 Å². The maximum absolute atomic E-state index is 9.22. The number of nitriles is 1. The first-order valence-corrected chi connectivity index (χ1v) is 6.52. The molecular weight excluding hydrogens is 264 g/mol. The lowest BCUT2D eigenvalue weighted by Crippen LogP contribution is -3.00. The molecule has 1 aromatic carbocycles. The van der Waals surface area contributed by atoms with Crippen molar-refractivity contribution in [2.24, 2.45) is 0 Å². The number of rotatable bonds is 4. The smallest absolute Gasteiger partial charge is 0.208 e. The summed E-state index contributed by atoms with van der Waals surface area (Å²) in [6.45, 7) is 2.13. The zero-order chi connectivity index (χ0) is 12.1. The molecule has 0 bridgehead atoms. The van der Waals surface area contributed by atoms with Crippen LogP contribution in [0, 0.1) is 11.3 Å². The summed E-state index contributed by atoms with van der Waals surface area (Å²) in [4.78, 5) is 1.12. The number of hydrogen-bond acceptors (Lipinski definition) is 2. The monoisotopic (exact) mass is 278 g/mol. The standard InChI is InChI=1S/C14H14N2S.ClH/c1-11(12-6-3-2-4-7-12)16-13(10-15)14-8-5-9-17-14;/h2-9,11,13,16H,1H3;1H/t11-,13+;/m1./s1. The highest BCUT2D eigenvalue weighted by Gasteiger charge is 2.19. The fourth-order valence-corrected chi connectivity index (χ4v) is 2.58. The van der Waals surface area contributed by atoms with Gasteiger partial charge in [-0.05, 0) is 18.4 Å². The van der Waals surface area contributed by atoms with Crippen LogP contribution in [0.5, 0.6) is 0 Å². The molecule has 0 spiro atoms. The van der Waals surface area contributed by atoms with Gasteiger partial charge in [0.2, 0.25) is 6.04 Å². The molecule has 0 saturated carbocycles. The van der Waals surface area contributed by atoms with Crippen LogP contribution in [-0.2, 0) is 0 Å². The summed E-state index contributed by atoms with van der Waals surface area (Å²) in [5.41, 5.74) is 1.25. The van der Waals surface area contributed by atoms with Gasteiger partial charge in [-0.25, -0.2) is 0 Å². The minimum Gasteiger partial charge on any atom is -1.00 e. The molecule has 1 aromatic heterocycles. The summed E-state index contributed by atoms with van der Waals surface area (Å²) >= 11 is 1.64. The van der Waals surface area contributed by atoms with E-state index in [9.17, 15) is 5.26 Å². The van der Waals surface area contributed by atoms with Gasteiger partial charge in [-0.2, -0.15) is 5.26 Å². The second kappa shape index (κ2) is 7.17. The Kier molecular flexibility index (Phi) is 5.87. The van der Waals surface area contributed by atoms with Crippen molar-refractivity contribution in [3.63, 3.8) is 0 Å². The van der Waals surface area contributed by atoms with Gasteiger partial charge in [0, 0.05) is 5.56 Å². The predicted octanol–water partition coefficient (Wildman–Crippen LogP) is -0.359. The fourth-order valence-electron chi connectivity index (χ4n) is 1.83. The summed E-state index contributed by atoms with van der Waals surface area (Å²) in [6, 6.07) is 16.8. The molecule has 94 valence electrons. The van der Waals surface area contributed by atoms with Crippen LogP contribution in [0.3, 0.4) is 0 Å². The van der Waals surface area contributed by atoms with E-state index in [1.807, 2.05) is 35.7 Å². The molecule has 2 rings (SSSR count). The molecule has 2 atom stereocenters. The number of halogens is 1. The highest BCUT2D eigenvalue weighted by atomic mass is 35.5. The molecule has 2 aromatic rings. The molecule has 0 fully saturated rings. The second-order valence-corrected chi connectivity index (χ2v) is 4.99. The van der Waals surface area contributed by atoms with Gasteiger partial charge in [-0.1, -0.05) is 36.4 Å². The van der Waals surface area contributed by atoms with Gasteiger partial charge < -0.3 is 17.7 Å². The van der Waals surface area contributed by atoms with Crippen molar-refractivity contribution >= 4 is 11.3 Å². The average molecular weight is 279 g/mol. The third kappa shape index (κ3) is 3.58. The van der Waals surface area contributed by atoms with Gasteiger partial charge in [-0.3, -0.25) is 0 Å². The van der Waals surface area contributed by atoms with E-state index >= 15 is 0 Å². The summed E-state index contributed by atoms with van der Waals surface area (Å²) in [7, 11) is 0. The average Bonchev–Trinajstić information content (AvgIpc) is 2.90. The lowest BCUT2D eigenvalue weighted by molar-refractivity contribution is -0.719. The summed E-state index contributed by atoms with van der Waals surface area (Å²) < 4.78 is 0. The van der Waals surface area contributed by atoms with Gasteiger partial charge in [0.25, 0.3) is 0 Å². The van der Waals surface area contributed by atoms with Crippen molar-refractivity contribution in [3.05, 3.63) is 58.3 Å². The Labute approximate surface area is 118 Å². The van der Waals surface area contributed by atoms with E-state index in [1.54, 1.807) is 11.3 Å². The van der Waals surface area contributed by atoms with Crippen molar-refractivity contribution in [1.82, 2.24) is 0 Å². The Morgan fingerprint density at radius 3 is 2.44 bits per heavy atom. The van der Waals surface area contributed by atoms with Crippen LogP contribution in [0.1, 0.15) is 29.4 Å². The zero-order valence-corrected chi connectivity index (χ0v) is 11.7. The molecule has 4 heteroatoms. The summed E-state index contributed by atoms with van der Waals surface area (Å²) in [5, 5.41) is 13.3. The Morgan fingerprint density at radius 1 is 1.17 bits per heavy atom.